The lowest BCUT2D eigenvalue weighted by Crippen LogP contribution is -2.12. The van der Waals surface area contributed by atoms with E-state index >= 15 is 0 Å². The van der Waals surface area contributed by atoms with Crippen molar-refractivity contribution in [2.45, 2.75) is 6.92 Å². The molecular formula is C20H22ClN3O2. The molecule has 0 unspecified atom stereocenters. The highest BCUT2D eigenvalue weighted by Crippen LogP contribution is 2.33. The van der Waals surface area contributed by atoms with Gasteiger partial charge in [-0.15, -0.1) is 12.4 Å². The third kappa shape index (κ3) is 3.89. The molecule has 0 fully saturated rings. The molecule has 0 bridgehead atoms. The van der Waals surface area contributed by atoms with Gasteiger partial charge in [-0.05, 0) is 25.1 Å². The Kier molecular flexibility index (Phi) is 6.41. The fourth-order valence-electron chi connectivity index (χ4n) is 2.73. The SMILES string of the molecule is CCOC(=O)c1cnc2c(N(C)C)cccc2c1Nc1ccccc1.Cl. The van der Waals surface area contributed by atoms with Gasteiger partial charge < -0.3 is 15.0 Å². The number of nitrogens with one attached hydrogen (secondary N) is 1. The number of carbonyl (C=O) groups is 1. The number of benzene rings is 2. The predicted octanol–water partition coefficient (Wildman–Crippen LogP) is 4.64. The molecule has 6 heteroatoms. The normalized spacial score (nSPS) is 10.1. The molecule has 1 aromatic heterocycles. The van der Waals surface area contributed by atoms with Crippen molar-refractivity contribution in [3.63, 3.8) is 0 Å². The summed E-state index contributed by atoms with van der Waals surface area (Å²) in [6.45, 7) is 2.11. The summed E-state index contributed by atoms with van der Waals surface area (Å²) in [5.74, 6) is -0.384. The van der Waals surface area contributed by atoms with Crippen LogP contribution < -0.4 is 10.2 Å². The van der Waals surface area contributed by atoms with E-state index in [1.165, 1.54) is 0 Å². The summed E-state index contributed by atoms with van der Waals surface area (Å²) in [6, 6.07) is 15.7. The number of hydrogen-bond donors (Lipinski definition) is 1. The first-order chi connectivity index (χ1) is 12.1. The van der Waals surface area contributed by atoms with Crippen LogP contribution in [-0.2, 0) is 4.74 Å². The van der Waals surface area contributed by atoms with Crippen molar-refractivity contribution in [2.24, 2.45) is 0 Å². The van der Waals surface area contributed by atoms with Crippen LogP contribution in [0.3, 0.4) is 0 Å². The zero-order chi connectivity index (χ0) is 17.8. The largest absolute Gasteiger partial charge is 0.462 e. The van der Waals surface area contributed by atoms with Crippen molar-refractivity contribution in [1.29, 1.82) is 0 Å². The zero-order valence-electron chi connectivity index (χ0n) is 15.0. The minimum Gasteiger partial charge on any atom is -0.462 e. The van der Waals surface area contributed by atoms with Crippen LogP contribution in [0.25, 0.3) is 10.9 Å². The molecule has 5 nitrogen and oxygen atoms in total. The maximum atomic E-state index is 12.4. The molecule has 0 saturated carbocycles. The number of ether oxygens (including phenoxy) is 1. The van der Waals surface area contributed by atoms with E-state index in [1.807, 2.05) is 67.5 Å². The van der Waals surface area contributed by atoms with Gasteiger partial charge in [0.2, 0.25) is 0 Å². The van der Waals surface area contributed by atoms with Gasteiger partial charge in [0, 0.05) is 31.4 Å². The number of fused-ring (bicyclic) bond motifs is 1. The van der Waals surface area contributed by atoms with Crippen molar-refractivity contribution in [1.82, 2.24) is 4.98 Å². The summed E-state index contributed by atoms with van der Waals surface area (Å²) < 4.78 is 5.20. The highest BCUT2D eigenvalue weighted by molar-refractivity contribution is 6.08. The summed E-state index contributed by atoms with van der Waals surface area (Å²) in [4.78, 5) is 18.9. The fourth-order valence-corrected chi connectivity index (χ4v) is 2.73. The number of aromatic nitrogens is 1. The van der Waals surface area contributed by atoms with E-state index in [2.05, 4.69) is 10.3 Å². The Hall–Kier alpha value is -2.79. The standard InChI is InChI=1S/C20H21N3O2.ClH/c1-4-25-20(24)16-13-21-19-15(11-8-12-17(19)23(2)3)18(16)22-14-9-6-5-7-10-14;/h5-13H,4H2,1-3H3,(H,21,22);1H. The van der Waals surface area contributed by atoms with Crippen LogP contribution in [0.15, 0.2) is 54.7 Å². The van der Waals surface area contributed by atoms with Crippen molar-refractivity contribution in [3.05, 3.63) is 60.3 Å². The number of esters is 1. The Labute approximate surface area is 159 Å². The third-order valence-corrected chi connectivity index (χ3v) is 3.90. The van der Waals surface area contributed by atoms with Crippen LogP contribution in [0, 0.1) is 0 Å². The number of anilines is 3. The third-order valence-electron chi connectivity index (χ3n) is 3.90. The second-order valence-electron chi connectivity index (χ2n) is 5.83. The molecule has 3 aromatic rings. The lowest BCUT2D eigenvalue weighted by atomic mass is 10.1. The predicted molar refractivity (Wildman–Crippen MR) is 109 cm³/mol. The summed E-state index contributed by atoms with van der Waals surface area (Å²) in [7, 11) is 3.94. The summed E-state index contributed by atoms with van der Waals surface area (Å²) >= 11 is 0. The molecular weight excluding hydrogens is 350 g/mol. The molecule has 1 heterocycles. The van der Waals surface area contributed by atoms with Gasteiger partial charge in [0.05, 0.1) is 23.5 Å². The molecule has 0 radical (unpaired) electrons. The van der Waals surface area contributed by atoms with Crippen LogP contribution in [0.5, 0.6) is 0 Å². The zero-order valence-corrected chi connectivity index (χ0v) is 15.8. The number of nitrogens with zero attached hydrogens (tertiary/aromatic N) is 2. The van der Waals surface area contributed by atoms with Gasteiger partial charge in [-0.3, -0.25) is 4.98 Å². The van der Waals surface area contributed by atoms with Crippen LogP contribution in [0.2, 0.25) is 0 Å². The summed E-state index contributed by atoms with van der Waals surface area (Å²) in [5, 5.41) is 4.24. The summed E-state index contributed by atoms with van der Waals surface area (Å²) in [5.41, 5.74) is 3.85. The van der Waals surface area contributed by atoms with Crippen molar-refractivity contribution in [2.75, 3.05) is 30.9 Å². The number of halogens is 1. The minimum absolute atomic E-state index is 0. The van der Waals surface area contributed by atoms with Crippen LogP contribution >= 0.6 is 12.4 Å². The Balaban J connectivity index is 0.00000243. The van der Waals surface area contributed by atoms with E-state index in [0.29, 0.717) is 17.9 Å². The molecule has 0 saturated heterocycles. The quantitative estimate of drug-likeness (QED) is 0.662. The second-order valence-corrected chi connectivity index (χ2v) is 5.83. The maximum absolute atomic E-state index is 12.4. The lowest BCUT2D eigenvalue weighted by molar-refractivity contribution is 0.0527. The van der Waals surface area contributed by atoms with Gasteiger partial charge in [0.15, 0.2) is 0 Å². The number of pyridine rings is 1. The van der Waals surface area contributed by atoms with Crippen molar-refractivity contribution < 1.29 is 9.53 Å². The van der Waals surface area contributed by atoms with Gasteiger partial charge in [0.25, 0.3) is 0 Å². The highest BCUT2D eigenvalue weighted by Gasteiger charge is 2.18. The topological polar surface area (TPSA) is 54.5 Å². The Morgan fingerprint density at radius 3 is 2.50 bits per heavy atom. The van der Waals surface area contributed by atoms with Gasteiger partial charge in [-0.25, -0.2) is 4.79 Å². The van der Waals surface area contributed by atoms with Crippen LogP contribution in [0.1, 0.15) is 17.3 Å². The molecule has 3 rings (SSSR count). The Morgan fingerprint density at radius 1 is 1.12 bits per heavy atom. The minimum atomic E-state index is -0.384. The molecule has 0 atom stereocenters. The number of carbonyl (C=O) groups excluding carboxylic acids is 1. The van der Waals surface area contributed by atoms with E-state index in [4.69, 9.17) is 4.74 Å². The molecule has 0 spiro atoms. The average molecular weight is 372 g/mol. The van der Waals surface area contributed by atoms with Gasteiger partial charge >= 0.3 is 5.97 Å². The molecule has 0 aliphatic carbocycles. The first-order valence-electron chi connectivity index (χ1n) is 8.20. The molecule has 26 heavy (non-hydrogen) atoms. The van der Waals surface area contributed by atoms with Gasteiger partial charge in [-0.1, -0.05) is 30.3 Å². The van der Waals surface area contributed by atoms with E-state index in [0.717, 1.165) is 22.3 Å². The molecule has 136 valence electrons. The smallest absolute Gasteiger partial charge is 0.341 e. The van der Waals surface area contributed by atoms with E-state index in [-0.39, 0.29) is 18.4 Å². The van der Waals surface area contributed by atoms with Gasteiger partial charge in [-0.2, -0.15) is 0 Å². The summed E-state index contributed by atoms with van der Waals surface area (Å²) in [6.07, 6.45) is 1.58. The molecule has 1 N–H and O–H groups in total. The highest BCUT2D eigenvalue weighted by atomic mass is 35.5. The molecule has 2 aromatic carbocycles. The van der Waals surface area contributed by atoms with E-state index in [1.54, 1.807) is 13.1 Å². The lowest BCUT2D eigenvalue weighted by Gasteiger charge is -2.18. The average Bonchev–Trinajstić information content (AvgIpc) is 2.62. The van der Waals surface area contributed by atoms with Crippen LogP contribution in [-0.4, -0.2) is 31.7 Å². The molecule has 0 amide bonds. The Bertz CT molecular complexity index is 898. The first-order valence-corrected chi connectivity index (χ1v) is 8.20. The number of hydrogen-bond acceptors (Lipinski definition) is 5. The first kappa shape index (κ1) is 19.5. The van der Waals surface area contributed by atoms with E-state index in [9.17, 15) is 4.79 Å². The van der Waals surface area contributed by atoms with E-state index < -0.39 is 0 Å². The maximum Gasteiger partial charge on any atom is 0.341 e. The van der Waals surface area contributed by atoms with Crippen molar-refractivity contribution >= 4 is 46.3 Å². The molecule has 0 aliphatic rings. The fraction of sp³-hybridized carbons (Fsp3) is 0.200. The van der Waals surface area contributed by atoms with Crippen LogP contribution in [0.4, 0.5) is 17.1 Å². The van der Waals surface area contributed by atoms with Gasteiger partial charge in [0.1, 0.15) is 5.56 Å². The second kappa shape index (κ2) is 8.54. The van der Waals surface area contributed by atoms with Crippen molar-refractivity contribution in [3.8, 4) is 0 Å². The monoisotopic (exact) mass is 371 g/mol. The number of para-hydroxylation sites is 2. The number of rotatable bonds is 5. The molecule has 0 aliphatic heterocycles. The Morgan fingerprint density at radius 2 is 1.85 bits per heavy atom.